The maximum absolute atomic E-state index is 12.1. The average molecular weight is 325 g/mol. The zero-order valence-corrected chi connectivity index (χ0v) is 15.1. The van der Waals surface area contributed by atoms with Crippen molar-refractivity contribution >= 4 is 6.03 Å². The Labute approximate surface area is 141 Å². The molecular weight excluding hydrogens is 290 g/mol. The number of rotatable bonds is 7. The van der Waals surface area contributed by atoms with E-state index >= 15 is 0 Å². The minimum Gasteiger partial charge on any atom is -0.393 e. The van der Waals surface area contributed by atoms with Crippen LogP contribution in [0.2, 0.25) is 0 Å². The van der Waals surface area contributed by atoms with E-state index in [-0.39, 0.29) is 23.6 Å². The summed E-state index contributed by atoms with van der Waals surface area (Å²) >= 11 is 0. The molecule has 3 N–H and O–H groups in total. The first-order chi connectivity index (χ1) is 10.8. The first kappa shape index (κ1) is 18.5. The summed E-state index contributed by atoms with van der Waals surface area (Å²) in [5.74, 6) is 0.879. The highest BCUT2D eigenvalue weighted by atomic mass is 16.3. The number of carbonyl (C=O) groups excluding carboxylic acids is 1. The van der Waals surface area contributed by atoms with Gasteiger partial charge in [-0.15, -0.1) is 0 Å². The molecule has 1 heterocycles. The summed E-state index contributed by atoms with van der Waals surface area (Å²) < 4.78 is 0. The topological polar surface area (TPSA) is 64.6 Å². The minimum absolute atomic E-state index is 0.0728. The fourth-order valence-electron chi connectivity index (χ4n) is 4.10. The number of hydrogen-bond donors (Lipinski definition) is 3. The van der Waals surface area contributed by atoms with Crippen molar-refractivity contribution in [2.75, 3.05) is 26.2 Å². The molecule has 0 aromatic heterocycles. The zero-order chi connectivity index (χ0) is 16.9. The van der Waals surface area contributed by atoms with Gasteiger partial charge in [-0.1, -0.05) is 26.7 Å². The van der Waals surface area contributed by atoms with Gasteiger partial charge >= 0.3 is 6.03 Å². The first-order valence-electron chi connectivity index (χ1n) is 9.29. The van der Waals surface area contributed by atoms with Gasteiger partial charge in [0, 0.05) is 32.2 Å². The van der Waals surface area contributed by atoms with E-state index in [2.05, 4.69) is 29.4 Å². The van der Waals surface area contributed by atoms with Crippen LogP contribution < -0.4 is 10.6 Å². The molecule has 1 aliphatic heterocycles. The van der Waals surface area contributed by atoms with E-state index in [4.69, 9.17) is 0 Å². The molecular formula is C18H35N3O2. The monoisotopic (exact) mass is 325 g/mol. The number of nitrogens with zero attached hydrogens (tertiary/aromatic N) is 1. The summed E-state index contributed by atoms with van der Waals surface area (Å²) in [6, 6.07) is 0.202. The molecule has 1 aliphatic carbocycles. The van der Waals surface area contributed by atoms with Crippen molar-refractivity contribution in [2.24, 2.45) is 11.3 Å². The van der Waals surface area contributed by atoms with Crippen molar-refractivity contribution in [1.82, 2.24) is 15.5 Å². The number of likely N-dealkylation sites (tertiary alicyclic amines) is 1. The summed E-state index contributed by atoms with van der Waals surface area (Å²) in [5, 5.41) is 15.6. The summed E-state index contributed by atoms with van der Waals surface area (Å²) in [6.45, 7) is 9.82. The maximum atomic E-state index is 12.1. The van der Waals surface area contributed by atoms with Gasteiger partial charge in [0.15, 0.2) is 0 Å². The van der Waals surface area contributed by atoms with Crippen molar-refractivity contribution < 1.29 is 9.90 Å². The Kier molecular flexibility index (Phi) is 6.72. The quantitative estimate of drug-likeness (QED) is 0.673. The van der Waals surface area contributed by atoms with Crippen molar-refractivity contribution in [3.8, 4) is 0 Å². The molecule has 0 aromatic carbocycles. The summed E-state index contributed by atoms with van der Waals surface area (Å²) in [6.07, 6.45) is 6.95. The second-order valence-corrected chi connectivity index (χ2v) is 8.44. The smallest absolute Gasteiger partial charge is 0.315 e. The van der Waals surface area contributed by atoms with Gasteiger partial charge in [-0.05, 0) is 43.9 Å². The molecule has 2 amide bonds. The average Bonchev–Trinajstić information content (AvgIpc) is 3.08. The standard InChI is InChI=1S/C18H35N3O2/c1-14(22)10-18(2,3)13-19-17(23)20-16-8-9-21(12-16)11-15-6-4-5-7-15/h14-16,22H,4-13H2,1-3H3,(H2,19,20,23). The lowest BCUT2D eigenvalue weighted by atomic mass is 9.87. The molecule has 2 rings (SSSR count). The zero-order valence-electron chi connectivity index (χ0n) is 15.1. The fraction of sp³-hybridized carbons (Fsp3) is 0.944. The first-order valence-corrected chi connectivity index (χ1v) is 9.29. The Bertz CT molecular complexity index is 378. The molecule has 134 valence electrons. The Morgan fingerprint density at radius 1 is 1.30 bits per heavy atom. The van der Waals surface area contributed by atoms with Gasteiger partial charge < -0.3 is 20.6 Å². The van der Waals surface area contributed by atoms with E-state index < -0.39 is 0 Å². The summed E-state index contributed by atoms with van der Waals surface area (Å²) in [5.41, 5.74) is -0.0876. The van der Waals surface area contributed by atoms with Crippen molar-refractivity contribution in [1.29, 1.82) is 0 Å². The van der Waals surface area contributed by atoms with E-state index in [1.807, 2.05) is 0 Å². The SMILES string of the molecule is CC(O)CC(C)(C)CNC(=O)NC1CCN(CC2CCCC2)C1. The predicted octanol–water partition coefficient (Wildman–Crippen LogP) is 2.35. The van der Waals surface area contributed by atoms with E-state index in [0.29, 0.717) is 13.0 Å². The molecule has 2 atom stereocenters. The van der Waals surface area contributed by atoms with Gasteiger partial charge in [-0.25, -0.2) is 4.79 Å². The van der Waals surface area contributed by atoms with Gasteiger partial charge in [-0.2, -0.15) is 0 Å². The van der Waals surface area contributed by atoms with E-state index in [1.165, 1.54) is 32.2 Å². The third-order valence-electron chi connectivity index (χ3n) is 5.17. The molecule has 2 aliphatic rings. The molecule has 2 fully saturated rings. The molecule has 5 heteroatoms. The molecule has 0 spiro atoms. The van der Waals surface area contributed by atoms with Gasteiger partial charge in [0.05, 0.1) is 6.10 Å². The molecule has 0 radical (unpaired) electrons. The Hall–Kier alpha value is -0.810. The lowest BCUT2D eigenvalue weighted by molar-refractivity contribution is 0.128. The van der Waals surface area contributed by atoms with Crippen LogP contribution in [0.4, 0.5) is 4.79 Å². The number of aliphatic hydroxyl groups excluding tert-OH is 1. The Balaban J connectivity index is 1.64. The number of carbonyl (C=O) groups is 1. The maximum Gasteiger partial charge on any atom is 0.315 e. The third kappa shape index (κ3) is 6.68. The molecule has 1 saturated heterocycles. The van der Waals surface area contributed by atoms with Crippen LogP contribution in [0.5, 0.6) is 0 Å². The Morgan fingerprint density at radius 2 is 2.00 bits per heavy atom. The minimum atomic E-state index is -0.339. The van der Waals surface area contributed by atoms with Crippen LogP contribution in [0.3, 0.4) is 0 Å². The molecule has 2 unspecified atom stereocenters. The highest BCUT2D eigenvalue weighted by Gasteiger charge is 2.27. The van der Waals surface area contributed by atoms with Crippen LogP contribution in [-0.2, 0) is 0 Å². The molecule has 1 saturated carbocycles. The van der Waals surface area contributed by atoms with Gasteiger partial charge in [0.2, 0.25) is 0 Å². The molecule has 0 aromatic rings. The third-order valence-corrected chi connectivity index (χ3v) is 5.17. The summed E-state index contributed by atoms with van der Waals surface area (Å²) in [4.78, 5) is 14.6. The molecule has 0 bridgehead atoms. The van der Waals surface area contributed by atoms with Crippen molar-refractivity contribution in [3.63, 3.8) is 0 Å². The van der Waals surface area contributed by atoms with E-state index in [1.54, 1.807) is 6.92 Å². The van der Waals surface area contributed by atoms with Crippen molar-refractivity contribution in [2.45, 2.75) is 71.4 Å². The second kappa shape index (κ2) is 8.34. The van der Waals surface area contributed by atoms with Gasteiger partial charge in [-0.3, -0.25) is 0 Å². The number of urea groups is 1. The van der Waals surface area contributed by atoms with Crippen LogP contribution in [-0.4, -0.2) is 54.4 Å². The van der Waals surface area contributed by atoms with Gasteiger partial charge in [0.25, 0.3) is 0 Å². The fourth-order valence-corrected chi connectivity index (χ4v) is 4.10. The molecule has 23 heavy (non-hydrogen) atoms. The number of amides is 2. The van der Waals surface area contributed by atoms with Crippen molar-refractivity contribution in [3.05, 3.63) is 0 Å². The van der Waals surface area contributed by atoms with E-state index in [9.17, 15) is 9.90 Å². The van der Waals surface area contributed by atoms with Crippen LogP contribution in [0.1, 0.15) is 59.3 Å². The Morgan fingerprint density at radius 3 is 2.65 bits per heavy atom. The lowest BCUT2D eigenvalue weighted by Gasteiger charge is -2.27. The highest BCUT2D eigenvalue weighted by Crippen LogP contribution is 2.26. The largest absolute Gasteiger partial charge is 0.393 e. The second-order valence-electron chi connectivity index (χ2n) is 8.44. The van der Waals surface area contributed by atoms with E-state index in [0.717, 1.165) is 25.4 Å². The van der Waals surface area contributed by atoms with Crippen LogP contribution in [0.15, 0.2) is 0 Å². The normalized spacial score (nSPS) is 24.8. The number of aliphatic hydroxyl groups is 1. The summed E-state index contributed by atoms with van der Waals surface area (Å²) in [7, 11) is 0. The van der Waals surface area contributed by atoms with Crippen LogP contribution in [0.25, 0.3) is 0 Å². The highest BCUT2D eigenvalue weighted by molar-refractivity contribution is 5.74. The van der Waals surface area contributed by atoms with Crippen LogP contribution in [0, 0.1) is 11.3 Å². The number of nitrogens with one attached hydrogen (secondary N) is 2. The number of hydrogen-bond acceptors (Lipinski definition) is 3. The lowest BCUT2D eigenvalue weighted by Crippen LogP contribution is -2.46. The van der Waals surface area contributed by atoms with Crippen LogP contribution >= 0.6 is 0 Å². The molecule has 5 nitrogen and oxygen atoms in total. The predicted molar refractivity (Wildman–Crippen MR) is 93.4 cm³/mol. The van der Waals surface area contributed by atoms with Gasteiger partial charge in [0.1, 0.15) is 0 Å².